The van der Waals surface area contributed by atoms with Gasteiger partial charge in [-0.25, -0.2) is 4.79 Å². The zero-order valence-corrected chi connectivity index (χ0v) is 16.7. The highest BCUT2D eigenvalue weighted by molar-refractivity contribution is 6.08. The number of carbonyl (C=O) groups is 3. The molecule has 29 heavy (non-hydrogen) atoms. The Hall–Kier alpha value is -1.80. The summed E-state index contributed by atoms with van der Waals surface area (Å²) in [5.74, 6) is -1.95. The van der Waals surface area contributed by atoms with Gasteiger partial charge in [0.2, 0.25) is 5.91 Å². The van der Waals surface area contributed by atoms with Gasteiger partial charge in [-0.05, 0) is 31.1 Å². The van der Waals surface area contributed by atoms with E-state index in [9.17, 15) is 27.6 Å². The predicted octanol–water partition coefficient (Wildman–Crippen LogP) is 3.85. The van der Waals surface area contributed by atoms with E-state index in [2.05, 4.69) is 0 Å². The Morgan fingerprint density at radius 1 is 1.00 bits per heavy atom. The van der Waals surface area contributed by atoms with Crippen LogP contribution >= 0.6 is 0 Å². The third-order valence-corrected chi connectivity index (χ3v) is 6.53. The van der Waals surface area contributed by atoms with E-state index in [0.29, 0.717) is 17.2 Å². The molecule has 6 nitrogen and oxygen atoms in total. The van der Waals surface area contributed by atoms with Crippen molar-refractivity contribution in [1.82, 2.24) is 15.5 Å². The Kier molecular flexibility index (Phi) is 6.73. The number of rotatable bonds is 6. The quantitative estimate of drug-likeness (QED) is 0.645. The molecule has 0 spiro atoms. The fourth-order valence-corrected chi connectivity index (χ4v) is 4.80. The molecular formula is C20H30F3N3O3. The second-order valence-corrected chi connectivity index (χ2v) is 8.69. The molecule has 1 heterocycles. The van der Waals surface area contributed by atoms with Gasteiger partial charge in [-0.2, -0.15) is 13.2 Å². The van der Waals surface area contributed by atoms with Crippen LogP contribution in [0.2, 0.25) is 0 Å². The Morgan fingerprint density at radius 3 is 2.10 bits per heavy atom. The number of nitrogens with one attached hydrogen (secondary N) is 2. The number of imide groups is 1. The van der Waals surface area contributed by atoms with E-state index in [-0.39, 0.29) is 18.9 Å². The first kappa shape index (κ1) is 21.9. The zero-order valence-electron chi connectivity index (χ0n) is 16.7. The van der Waals surface area contributed by atoms with Crippen LogP contribution in [0.25, 0.3) is 0 Å². The highest BCUT2D eigenvalue weighted by Gasteiger charge is 2.68. The fourth-order valence-electron chi connectivity index (χ4n) is 4.80. The lowest BCUT2D eigenvalue weighted by Crippen LogP contribution is -2.69. The first-order chi connectivity index (χ1) is 13.7. The van der Waals surface area contributed by atoms with Crippen molar-refractivity contribution in [2.24, 2.45) is 11.8 Å². The summed E-state index contributed by atoms with van der Waals surface area (Å²) in [4.78, 5) is 37.9. The number of carbonyl (C=O) groups excluding carboxylic acids is 3. The van der Waals surface area contributed by atoms with Gasteiger partial charge in [-0.15, -0.1) is 0 Å². The third-order valence-electron chi connectivity index (χ3n) is 6.53. The highest BCUT2D eigenvalue weighted by Crippen LogP contribution is 2.35. The average molecular weight is 417 g/mol. The number of amides is 4. The molecule has 3 rings (SSSR count). The second kappa shape index (κ2) is 8.92. The molecule has 2 N–H and O–H groups in total. The van der Waals surface area contributed by atoms with Crippen molar-refractivity contribution in [3.63, 3.8) is 0 Å². The number of alkyl halides is 3. The Balaban J connectivity index is 1.66. The molecule has 3 aliphatic rings. The summed E-state index contributed by atoms with van der Waals surface area (Å²) >= 11 is 0. The normalized spacial score (nSPS) is 27.2. The molecule has 2 saturated carbocycles. The van der Waals surface area contributed by atoms with E-state index in [1.165, 1.54) is 0 Å². The van der Waals surface area contributed by atoms with Crippen LogP contribution in [0.1, 0.15) is 77.0 Å². The summed E-state index contributed by atoms with van der Waals surface area (Å²) in [7, 11) is 0. The SMILES string of the molecule is O=C(CCC1CCCCC1)N[C@@]1(C(F)(F)F)NC(=O)N(CC2CCCCC2)C1=O. The summed E-state index contributed by atoms with van der Waals surface area (Å²) in [5, 5.41) is 3.58. The molecule has 0 aromatic heterocycles. The second-order valence-electron chi connectivity index (χ2n) is 8.69. The van der Waals surface area contributed by atoms with Crippen LogP contribution in [0, 0.1) is 11.8 Å². The monoisotopic (exact) mass is 417 g/mol. The minimum absolute atomic E-state index is 0.00415. The van der Waals surface area contributed by atoms with Gasteiger partial charge in [0.1, 0.15) is 0 Å². The molecule has 0 aromatic carbocycles. The Labute approximate surface area is 168 Å². The minimum Gasteiger partial charge on any atom is -0.318 e. The van der Waals surface area contributed by atoms with E-state index in [1.54, 1.807) is 5.32 Å². The summed E-state index contributed by atoms with van der Waals surface area (Å²) in [6.07, 6.45) is 5.03. The van der Waals surface area contributed by atoms with Gasteiger partial charge in [0, 0.05) is 13.0 Å². The lowest BCUT2D eigenvalue weighted by atomic mass is 9.86. The van der Waals surface area contributed by atoms with E-state index >= 15 is 0 Å². The number of urea groups is 1. The maximum Gasteiger partial charge on any atom is 0.440 e. The van der Waals surface area contributed by atoms with Crippen LogP contribution in [-0.4, -0.2) is 41.1 Å². The van der Waals surface area contributed by atoms with Gasteiger partial charge < -0.3 is 5.32 Å². The van der Waals surface area contributed by atoms with Crippen molar-refractivity contribution in [3.05, 3.63) is 0 Å². The van der Waals surface area contributed by atoms with Crippen LogP contribution in [0.3, 0.4) is 0 Å². The summed E-state index contributed by atoms with van der Waals surface area (Å²) in [5.41, 5.74) is -3.36. The molecule has 1 saturated heterocycles. The molecule has 0 aromatic rings. The molecule has 164 valence electrons. The molecular weight excluding hydrogens is 387 g/mol. The van der Waals surface area contributed by atoms with Gasteiger partial charge in [-0.1, -0.05) is 51.4 Å². The first-order valence-corrected chi connectivity index (χ1v) is 10.7. The Bertz CT molecular complexity index is 628. The molecule has 3 fully saturated rings. The van der Waals surface area contributed by atoms with Crippen LogP contribution in [0.15, 0.2) is 0 Å². The maximum absolute atomic E-state index is 13.9. The van der Waals surface area contributed by atoms with E-state index < -0.39 is 29.7 Å². The predicted molar refractivity (Wildman–Crippen MR) is 99.6 cm³/mol. The summed E-state index contributed by atoms with van der Waals surface area (Å²) < 4.78 is 41.6. The summed E-state index contributed by atoms with van der Waals surface area (Å²) in [6, 6.07) is -1.09. The number of hydrogen-bond donors (Lipinski definition) is 2. The zero-order chi connectivity index (χ0) is 21.1. The van der Waals surface area contributed by atoms with Gasteiger partial charge in [0.15, 0.2) is 0 Å². The minimum atomic E-state index is -5.12. The standard InChI is InChI=1S/C20H30F3N3O3/c21-20(22,23)19(24-16(27)12-11-14-7-3-1-4-8-14)17(28)26(18(29)25-19)13-15-9-5-2-6-10-15/h14-15H,1-13H2,(H,24,27)(H,25,29)/t19-/m1/s1. The van der Waals surface area contributed by atoms with Crippen LogP contribution in [0.5, 0.6) is 0 Å². The molecule has 4 amide bonds. The largest absolute Gasteiger partial charge is 0.440 e. The average Bonchev–Trinajstić information content (AvgIpc) is 2.93. The van der Waals surface area contributed by atoms with Crippen molar-refractivity contribution in [3.8, 4) is 0 Å². The van der Waals surface area contributed by atoms with Gasteiger partial charge >= 0.3 is 12.2 Å². The van der Waals surface area contributed by atoms with Gasteiger partial charge in [0.05, 0.1) is 0 Å². The molecule has 1 aliphatic heterocycles. The molecule has 0 unspecified atom stereocenters. The molecule has 2 aliphatic carbocycles. The molecule has 0 radical (unpaired) electrons. The van der Waals surface area contributed by atoms with E-state index in [4.69, 9.17) is 0 Å². The molecule has 9 heteroatoms. The number of halogens is 3. The van der Waals surface area contributed by atoms with E-state index in [0.717, 1.165) is 64.2 Å². The first-order valence-electron chi connectivity index (χ1n) is 10.7. The number of nitrogens with zero attached hydrogens (tertiary/aromatic N) is 1. The maximum atomic E-state index is 13.9. The van der Waals surface area contributed by atoms with Crippen molar-refractivity contribution in [2.45, 2.75) is 88.9 Å². The van der Waals surface area contributed by atoms with E-state index in [1.807, 2.05) is 5.32 Å². The van der Waals surface area contributed by atoms with Crippen molar-refractivity contribution in [1.29, 1.82) is 0 Å². The fraction of sp³-hybridized carbons (Fsp3) is 0.850. The van der Waals surface area contributed by atoms with Crippen LogP contribution < -0.4 is 10.6 Å². The van der Waals surface area contributed by atoms with Crippen molar-refractivity contribution in [2.75, 3.05) is 6.54 Å². The van der Waals surface area contributed by atoms with Gasteiger partial charge in [0.25, 0.3) is 11.6 Å². The summed E-state index contributed by atoms with van der Waals surface area (Å²) in [6.45, 7) is -0.0412. The lowest BCUT2D eigenvalue weighted by Gasteiger charge is -2.31. The third kappa shape index (κ3) is 4.86. The van der Waals surface area contributed by atoms with Crippen molar-refractivity contribution < 1.29 is 27.6 Å². The van der Waals surface area contributed by atoms with Crippen LogP contribution in [0.4, 0.5) is 18.0 Å². The topological polar surface area (TPSA) is 78.5 Å². The molecule has 0 bridgehead atoms. The van der Waals surface area contributed by atoms with Crippen LogP contribution in [-0.2, 0) is 9.59 Å². The molecule has 1 atom stereocenters. The Morgan fingerprint density at radius 2 is 1.55 bits per heavy atom. The number of hydrogen-bond acceptors (Lipinski definition) is 3. The lowest BCUT2D eigenvalue weighted by molar-refractivity contribution is -0.204. The highest BCUT2D eigenvalue weighted by atomic mass is 19.4. The smallest absolute Gasteiger partial charge is 0.318 e. The van der Waals surface area contributed by atoms with Crippen molar-refractivity contribution >= 4 is 17.8 Å². The van der Waals surface area contributed by atoms with Gasteiger partial charge in [-0.3, -0.25) is 19.8 Å².